The van der Waals surface area contributed by atoms with Gasteiger partial charge < -0.3 is 19.7 Å². The van der Waals surface area contributed by atoms with Gasteiger partial charge in [-0.05, 0) is 52.4 Å². The van der Waals surface area contributed by atoms with Crippen molar-refractivity contribution in [3.05, 3.63) is 0 Å². The van der Waals surface area contributed by atoms with Crippen LogP contribution in [0.1, 0.15) is 79.1 Å². The topological polar surface area (TPSA) is 127 Å². The van der Waals surface area contributed by atoms with Gasteiger partial charge in [-0.25, -0.2) is 0 Å². The zero-order valence-corrected chi connectivity index (χ0v) is 18.1. The number of carbonyl (C=O) groups excluding carboxylic acids is 2. The van der Waals surface area contributed by atoms with Gasteiger partial charge in [-0.3, -0.25) is 19.2 Å². The van der Waals surface area contributed by atoms with Gasteiger partial charge in [0.15, 0.2) is 0 Å². The van der Waals surface area contributed by atoms with Crippen LogP contribution in [0, 0.1) is 17.3 Å². The van der Waals surface area contributed by atoms with Crippen LogP contribution in [0.3, 0.4) is 0 Å². The summed E-state index contributed by atoms with van der Waals surface area (Å²) in [4.78, 5) is 46.6. The molecule has 0 fully saturated rings. The SMILES string of the molecule is CCCCOC(=O)C(C)CC(CC(C)(C)C(=O)O)C(=O)OCCCCCC(=O)O. The van der Waals surface area contributed by atoms with E-state index in [9.17, 15) is 24.3 Å². The Bertz CT molecular complexity index is 541. The molecule has 0 radical (unpaired) electrons. The van der Waals surface area contributed by atoms with Gasteiger partial charge >= 0.3 is 23.9 Å². The fourth-order valence-electron chi connectivity index (χ4n) is 2.79. The lowest BCUT2D eigenvalue weighted by Gasteiger charge is -2.26. The highest BCUT2D eigenvalue weighted by atomic mass is 16.5. The molecule has 8 nitrogen and oxygen atoms in total. The van der Waals surface area contributed by atoms with E-state index >= 15 is 0 Å². The molecule has 8 heteroatoms. The highest BCUT2D eigenvalue weighted by molar-refractivity contribution is 5.78. The van der Waals surface area contributed by atoms with Gasteiger partial charge in [-0.15, -0.1) is 0 Å². The number of unbranched alkanes of at least 4 members (excludes halogenated alkanes) is 3. The van der Waals surface area contributed by atoms with E-state index in [-0.39, 0.29) is 25.9 Å². The van der Waals surface area contributed by atoms with Crippen molar-refractivity contribution in [2.75, 3.05) is 13.2 Å². The zero-order valence-electron chi connectivity index (χ0n) is 18.1. The molecule has 0 aliphatic carbocycles. The predicted molar refractivity (Wildman–Crippen MR) is 106 cm³/mol. The van der Waals surface area contributed by atoms with Crippen LogP contribution < -0.4 is 0 Å². The van der Waals surface area contributed by atoms with E-state index in [2.05, 4.69) is 0 Å². The van der Waals surface area contributed by atoms with E-state index in [0.717, 1.165) is 12.8 Å². The molecule has 0 bridgehead atoms. The van der Waals surface area contributed by atoms with Crippen molar-refractivity contribution in [2.24, 2.45) is 17.3 Å². The van der Waals surface area contributed by atoms with Crippen molar-refractivity contribution in [3.8, 4) is 0 Å². The number of rotatable bonds is 16. The number of carbonyl (C=O) groups is 4. The molecule has 0 saturated carbocycles. The number of esters is 2. The van der Waals surface area contributed by atoms with Gasteiger partial charge in [0, 0.05) is 6.42 Å². The average Bonchev–Trinajstić information content (AvgIpc) is 2.63. The Balaban J connectivity index is 4.78. The van der Waals surface area contributed by atoms with Crippen LogP contribution >= 0.6 is 0 Å². The summed E-state index contributed by atoms with van der Waals surface area (Å²) in [7, 11) is 0. The van der Waals surface area contributed by atoms with Crippen molar-refractivity contribution < 1.29 is 38.9 Å². The molecular weight excluding hydrogens is 380 g/mol. The molecule has 168 valence electrons. The molecule has 0 aromatic heterocycles. The van der Waals surface area contributed by atoms with Crippen molar-refractivity contribution in [3.63, 3.8) is 0 Å². The van der Waals surface area contributed by atoms with Gasteiger partial charge in [0.1, 0.15) is 0 Å². The lowest BCUT2D eigenvalue weighted by Crippen LogP contribution is -2.33. The molecule has 0 spiro atoms. The summed E-state index contributed by atoms with van der Waals surface area (Å²) >= 11 is 0. The van der Waals surface area contributed by atoms with Crippen LogP contribution in [0.15, 0.2) is 0 Å². The maximum Gasteiger partial charge on any atom is 0.309 e. The fraction of sp³-hybridized carbons (Fsp3) is 0.810. The van der Waals surface area contributed by atoms with E-state index in [4.69, 9.17) is 14.6 Å². The molecule has 0 rings (SSSR count). The third-order valence-corrected chi connectivity index (χ3v) is 4.73. The third-order valence-electron chi connectivity index (χ3n) is 4.73. The zero-order chi connectivity index (χ0) is 22.4. The highest BCUT2D eigenvalue weighted by Gasteiger charge is 2.36. The van der Waals surface area contributed by atoms with Gasteiger partial charge in [0.05, 0.1) is 30.5 Å². The second-order valence-corrected chi connectivity index (χ2v) is 8.12. The van der Waals surface area contributed by atoms with Crippen LogP contribution in [-0.2, 0) is 28.7 Å². The molecule has 0 aliphatic heterocycles. The number of hydrogen-bond acceptors (Lipinski definition) is 6. The minimum absolute atomic E-state index is 0.0484. The molecule has 0 heterocycles. The fourth-order valence-corrected chi connectivity index (χ4v) is 2.79. The lowest BCUT2D eigenvalue weighted by atomic mass is 9.79. The first-order chi connectivity index (χ1) is 13.5. The van der Waals surface area contributed by atoms with Crippen molar-refractivity contribution in [1.82, 2.24) is 0 Å². The van der Waals surface area contributed by atoms with Crippen LogP contribution in [0.25, 0.3) is 0 Å². The maximum absolute atomic E-state index is 12.5. The van der Waals surface area contributed by atoms with Gasteiger partial charge in [-0.1, -0.05) is 20.3 Å². The Hall–Kier alpha value is -2.12. The van der Waals surface area contributed by atoms with E-state index in [1.807, 2.05) is 6.92 Å². The summed E-state index contributed by atoms with van der Waals surface area (Å²) in [6.07, 6.45) is 3.58. The second-order valence-electron chi connectivity index (χ2n) is 8.12. The van der Waals surface area contributed by atoms with Gasteiger partial charge in [0.2, 0.25) is 0 Å². The molecule has 0 saturated heterocycles. The number of ether oxygens (including phenoxy) is 2. The van der Waals surface area contributed by atoms with Crippen molar-refractivity contribution in [2.45, 2.75) is 79.1 Å². The lowest BCUT2D eigenvalue weighted by molar-refractivity contribution is -0.156. The molecule has 0 aromatic rings. The van der Waals surface area contributed by atoms with E-state index in [0.29, 0.717) is 25.9 Å². The maximum atomic E-state index is 12.5. The first kappa shape index (κ1) is 26.9. The van der Waals surface area contributed by atoms with Crippen LogP contribution in [0.2, 0.25) is 0 Å². The van der Waals surface area contributed by atoms with Gasteiger partial charge in [-0.2, -0.15) is 0 Å². The number of carboxylic acid groups (broad SMARTS) is 2. The normalized spacial score (nSPS) is 13.4. The standard InChI is InChI=1S/C21H36O8/c1-5-6-11-28-18(24)15(2)13-16(14-21(3,4)20(26)27)19(25)29-12-9-7-8-10-17(22)23/h15-16H,5-14H2,1-4H3,(H,22,23)(H,26,27). The summed E-state index contributed by atoms with van der Waals surface area (Å²) in [6.45, 7) is 7.17. The summed E-state index contributed by atoms with van der Waals surface area (Å²) in [5, 5.41) is 18.0. The quantitative estimate of drug-likeness (QED) is 0.288. The summed E-state index contributed by atoms with van der Waals surface area (Å²) < 4.78 is 10.5. The number of carboxylic acids is 2. The largest absolute Gasteiger partial charge is 0.481 e. The summed E-state index contributed by atoms with van der Waals surface area (Å²) in [6, 6.07) is 0. The molecule has 2 unspecified atom stereocenters. The Morgan fingerprint density at radius 3 is 2.03 bits per heavy atom. The van der Waals surface area contributed by atoms with E-state index < -0.39 is 41.1 Å². The molecule has 0 amide bonds. The van der Waals surface area contributed by atoms with Crippen LogP contribution in [-0.4, -0.2) is 47.3 Å². The Morgan fingerprint density at radius 1 is 0.897 bits per heavy atom. The highest BCUT2D eigenvalue weighted by Crippen LogP contribution is 2.31. The Kier molecular flexibility index (Phi) is 12.9. The third kappa shape index (κ3) is 12.1. The van der Waals surface area contributed by atoms with E-state index in [1.165, 1.54) is 13.8 Å². The van der Waals surface area contributed by atoms with E-state index in [1.54, 1.807) is 6.92 Å². The summed E-state index contributed by atoms with van der Waals surface area (Å²) in [5.74, 6) is -4.12. The number of hydrogen-bond donors (Lipinski definition) is 2. The van der Waals surface area contributed by atoms with Gasteiger partial charge in [0.25, 0.3) is 0 Å². The van der Waals surface area contributed by atoms with Crippen LogP contribution in [0.4, 0.5) is 0 Å². The monoisotopic (exact) mass is 416 g/mol. The molecule has 2 N–H and O–H groups in total. The predicted octanol–water partition coefficient (Wildman–Crippen LogP) is 3.66. The summed E-state index contributed by atoms with van der Waals surface area (Å²) in [5.41, 5.74) is -1.14. The molecule has 0 aromatic carbocycles. The Labute approximate surface area is 172 Å². The average molecular weight is 417 g/mol. The van der Waals surface area contributed by atoms with Crippen molar-refractivity contribution >= 4 is 23.9 Å². The van der Waals surface area contributed by atoms with Crippen LogP contribution in [0.5, 0.6) is 0 Å². The number of aliphatic carboxylic acids is 2. The molecular formula is C21H36O8. The smallest absolute Gasteiger partial charge is 0.309 e. The van der Waals surface area contributed by atoms with Crippen molar-refractivity contribution in [1.29, 1.82) is 0 Å². The first-order valence-corrected chi connectivity index (χ1v) is 10.3. The molecule has 0 aliphatic rings. The molecule has 2 atom stereocenters. The first-order valence-electron chi connectivity index (χ1n) is 10.3. The Morgan fingerprint density at radius 2 is 1.48 bits per heavy atom. The minimum atomic E-state index is -1.14. The second kappa shape index (κ2) is 14.0. The molecule has 29 heavy (non-hydrogen) atoms. The minimum Gasteiger partial charge on any atom is -0.481 e.